The first-order valence-electron chi connectivity index (χ1n) is 12.6. The number of nitrogens with zero attached hydrogens (tertiary/aromatic N) is 1. The van der Waals surface area contributed by atoms with Crippen LogP contribution in [0.25, 0.3) is 0 Å². The van der Waals surface area contributed by atoms with Gasteiger partial charge in [-0.1, -0.05) is 29.8 Å². The van der Waals surface area contributed by atoms with Gasteiger partial charge in [-0.3, -0.25) is 14.4 Å². The first kappa shape index (κ1) is 31.4. The number of nitrogens with two attached hydrogens (primary N) is 1. The maximum absolute atomic E-state index is 13.9. The number of para-hydroxylation sites is 1. The summed E-state index contributed by atoms with van der Waals surface area (Å²) in [4.78, 5) is 53.1. The van der Waals surface area contributed by atoms with E-state index in [0.29, 0.717) is 21.8 Å². The lowest BCUT2D eigenvalue weighted by Crippen LogP contribution is -2.52. The van der Waals surface area contributed by atoms with Crippen molar-refractivity contribution in [2.75, 3.05) is 11.9 Å². The van der Waals surface area contributed by atoms with Gasteiger partial charge in [-0.2, -0.15) is 0 Å². The molecule has 10 nitrogen and oxygen atoms in total. The molecule has 2 aromatic rings. The first-order chi connectivity index (χ1) is 18.1. The number of ether oxygens (including phenoxy) is 1. The standard InChI is InChI=1S/C28H37ClN4O6/c1-7-33(26(37)20(12-14-22(30)35)31-27(38)39-28(4,5)6)24(18-11-13-21(34)17(3)15-18)25(36)32-23-16(2)9-8-10-19(23)29/h8-11,13,15,20,24,34H,7,12,14H2,1-6H3,(H2,30,35)(H,31,38)(H,32,36). The number of hydrogen-bond acceptors (Lipinski definition) is 6. The average molecular weight is 561 g/mol. The van der Waals surface area contributed by atoms with Crippen molar-refractivity contribution in [3.63, 3.8) is 0 Å². The first-order valence-corrected chi connectivity index (χ1v) is 13.0. The SMILES string of the molecule is CCN(C(=O)C(CCC(N)=O)NC(=O)OC(C)(C)C)C(C(=O)Nc1c(C)cccc1Cl)c1ccc(O)c(C)c1. The maximum atomic E-state index is 13.9. The summed E-state index contributed by atoms with van der Waals surface area (Å²) in [5, 5.41) is 15.8. The number of aryl methyl sites for hydroxylation is 2. The van der Waals surface area contributed by atoms with Crippen molar-refractivity contribution in [1.29, 1.82) is 0 Å². The highest BCUT2D eigenvalue weighted by atomic mass is 35.5. The van der Waals surface area contributed by atoms with E-state index in [1.54, 1.807) is 71.9 Å². The molecule has 5 N–H and O–H groups in total. The molecule has 0 aromatic heterocycles. The van der Waals surface area contributed by atoms with Crippen molar-refractivity contribution in [2.45, 2.75) is 72.1 Å². The quantitative estimate of drug-likeness (QED) is 0.339. The zero-order valence-electron chi connectivity index (χ0n) is 23.1. The van der Waals surface area contributed by atoms with Crippen LogP contribution in [0.4, 0.5) is 10.5 Å². The minimum Gasteiger partial charge on any atom is -0.508 e. The van der Waals surface area contributed by atoms with E-state index in [9.17, 15) is 24.3 Å². The molecule has 0 heterocycles. The van der Waals surface area contributed by atoms with Gasteiger partial charge >= 0.3 is 6.09 Å². The lowest BCUT2D eigenvalue weighted by molar-refractivity contribution is -0.140. The lowest BCUT2D eigenvalue weighted by atomic mass is 9.99. The second kappa shape index (κ2) is 13.3. The summed E-state index contributed by atoms with van der Waals surface area (Å²) in [6, 6.07) is 7.38. The number of rotatable bonds is 10. The number of carbonyl (C=O) groups is 4. The molecule has 11 heteroatoms. The predicted molar refractivity (Wildman–Crippen MR) is 149 cm³/mol. The van der Waals surface area contributed by atoms with Gasteiger partial charge in [-0.05, 0) is 82.9 Å². The molecular weight excluding hydrogens is 524 g/mol. The molecule has 0 saturated heterocycles. The molecule has 2 atom stereocenters. The number of phenolic OH excluding ortho intramolecular Hbond substituents is 1. The number of aromatic hydroxyl groups is 1. The van der Waals surface area contributed by atoms with Crippen LogP contribution in [0, 0.1) is 13.8 Å². The van der Waals surface area contributed by atoms with Crippen molar-refractivity contribution in [3.05, 3.63) is 58.1 Å². The fourth-order valence-corrected chi connectivity index (χ4v) is 4.23. The van der Waals surface area contributed by atoms with Crippen LogP contribution in [0.15, 0.2) is 36.4 Å². The average Bonchev–Trinajstić information content (AvgIpc) is 2.82. The van der Waals surface area contributed by atoms with Crippen molar-refractivity contribution in [2.24, 2.45) is 5.73 Å². The van der Waals surface area contributed by atoms with E-state index in [1.807, 2.05) is 0 Å². The minimum absolute atomic E-state index is 0.0279. The Morgan fingerprint density at radius 3 is 2.31 bits per heavy atom. The molecule has 0 radical (unpaired) electrons. The van der Waals surface area contributed by atoms with Gasteiger partial charge in [0.15, 0.2) is 0 Å². The Bertz CT molecular complexity index is 1210. The van der Waals surface area contributed by atoms with Crippen molar-refractivity contribution in [1.82, 2.24) is 10.2 Å². The molecule has 0 bridgehead atoms. The predicted octanol–water partition coefficient (Wildman–Crippen LogP) is 4.35. The van der Waals surface area contributed by atoms with Gasteiger partial charge in [0, 0.05) is 13.0 Å². The van der Waals surface area contributed by atoms with E-state index in [4.69, 9.17) is 22.1 Å². The van der Waals surface area contributed by atoms with E-state index in [0.717, 1.165) is 5.56 Å². The molecule has 0 spiro atoms. The molecule has 0 fully saturated rings. The second-order valence-electron chi connectivity index (χ2n) is 10.2. The van der Waals surface area contributed by atoms with Crippen LogP contribution in [-0.2, 0) is 19.1 Å². The lowest BCUT2D eigenvalue weighted by Gasteiger charge is -2.34. The Kier molecular flexibility index (Phi) is 10.7. The third kappa shape index (κ3) is 8.88. The molecule has 0 saturated carbocycles. The summed E-state index contributed by atoms with van der Waals surface area (Å²) >= 11 is 6.34. The largest absolute Gasteiger partial charge is 0.508 e. The fourth-order valence-electron chi connectivity index (χ4n) is 3.96. The second-order valence-corrected chi connectivity index (χ2v) is 10.6. The maximum Gasteiger partial charge on any atom is 0.408 e. The molecule has 39 heavy (non-hydrogen) atoms. The van der Waals surface area contributed by atoms with Crippen LogP contribution in [0.2, 0.25) is 5.02 Å². The number of hydrogen-bond donors (Lipinski definition) is 4. The number of nitrogens with one attached hydrogen (secondary N) is 2. The van der Waals surface area contributed by atoms with Crippen molar-refractivity contribution >= 4 is 41.1 Å². The van der Waals surface area contributed by atoms with Crippen LogP contribution in [-0.4, -0.2) is 52.0 Å². The number of likely N-dealkylation sites (N-methyl/N-ethyl adjacent to an activating group) is 1. The summed E-state index contributed by atoms with van der Waals surface area (Å²) < 4.78 is 5.31. The summed E-state index contributed by atoms with van der Waals surface area (Å²) in [5.41, 5.74) is 6.53. The third-order valence-electron chi connectivity index (χ3n) is 5.86. The zero-order chi connectivity index (χ0) is 29.5. The molecular formula is C28H37ClN4O6. The van der Waals surface area contributed by atoms with Crippen LogP contribution in [0.3, 0.4) is 0 Å². The van der Waals surface area contributed by atoms with Gasteiger partial charge in [-0.15, -0.1) is 0 Å². The number of anilines is 1. The summed E-state index contributed by atoms with van der Waals surface area (Å²) in [5.74, 6) is -1.80. The fraction of sp³-hybridized carbons (Fsp3) is 0.429. The van der Waals surface area contributed by atoms with Gasteiger partial charge in [0.05, 0.1) is 10.7 Å². The van der Waals surface area contributed by atoms with Gasteiger partial charge in [-0.25, -0.2) is 4.79 Å². The van der Waals surface area contributed by atoms with Crippen molar-refractivity contribution < 1.29 is 29.0 Å². The number of benzene rings is 2. The van der Waals surface area contributed by atoms with E-state index in [2.05, 4.69) is 10.6 Å². The Morgan fingerprint density at radius 2 is 1.77 bits per heavy atom. The smallest absolute Gasteiger partial charge is 0.408 e. The number of alkyl carbamates (subject to hydrolysis) is 1. The van der Waals surface area contributed by atoms with E-state index >= 15 is 0 Å². The van der Waals surface area contributed by atoms with Crippen molar-refractivity contribution in [3.8, 4) is 5.75 Å². The number of primary amides is 1. The Morgan fingerprint density at radius 1 is 1.10 bits per heavy atom. The van der Waals surface area contributed by atoms with Gasteiger partial charge in [0.1, 0.15) is 23.4 Å². The van der Waals surface area contributed by atoms with Gasteiger partial charge < -0.3 is 31.1 Å². The molecule has 0 aliphatic heterocycles. The zero-order valence-corrected chi connectivity index (χ0v) is 23.9. The Balaban J connectivity index is 2.54. The summed E-state index contributed by atoms with van der Waals surface area (Å²) in [7, 11) is 0. The Labute approximate surface area is 233 Å². The molecule has 4 amide bonds. The molecule has 2 rings (SSSR count). The topological polar surface area (TPSA) is 151 Å². The van der Waals surface area contributed by atoms with Crippen LogP contribution >= 0.6 is 11.6 Å². The highest BCUT2D eigenvalue weighted by molar-refractivity contribution is 6.34. The monoisotopic (exact) mass is 560 g/mol. The number of phenols is 1. The van der Waals surface area contributed by atoms with Crippen LogP contribution in [0.1, 0.15) is 63.3 Å². The highest BCUT2D eigenvalue weighted by Gasteiger charge is 2.36. The molecule has 2 aromatic carbocycles. The summed E-state index contributed by atoms with van der Waals surface area (Å²) in [6.45, 7) is 10.2. The minimum atomic E-state index is -1.21. The van der Waals surface area contributed by atoms with Gasteiger partial charge in [0.2, 0.25) is 11.8 Å². The van der Waals surface area contributed by atoms with Crippen LogP contribution < -0.4 is 16.4 Å². The van der Waals surface area contributed by atoms with E-state index in [-0.39, 0.29) is 25.1 Å². The Hall–Kier alpha value is -3.79. The molecule has 2 unspecified atom stereocenters. The number of carbonyl (C=O) groups excluding carboxylic acids is 4. The highest BCUT2D eigenvalue weighted by Crippen LogP contribution is 2.31. The molecule has 212 valence electrons. The molecule has 0 aliphatic rings. The molecule has 0 aliphatic carbocycles. The van der Waals surface area contributed by atoms with E-state index < -0.39 is 41.5 Å². The van der Waals surface area contributed by atoms with Gasteiger partial charge in [0.25, 0.3) is 5.91 Å². The van der Waals surface area contributed by atoms with E-state index in [1.165, 1.54) is 11.0 Å². The normalized spacial score (nSPS) is 12.7. The number of halogens is 1. The van der Waals surface area contributed by atoms with Crippen LogP contribution in [0.5, 0.6) is 5.75 Å². The summed E-state index contributed by atoms with van der Waals surface area (Å²) in [6.07, 6.45) is -1.14. The number of amides is 4. The third-order valence-corrected chi connectivity index (χ3v) is 6.17.